The molecule has 0 saturated heterocycles. The number of nitrogens with one attached hydrogen (secondary N) is 1. The minimum absolute atomic E-state index is 0.0487. The first-order valence-electron chi connectivity index (χ1n) is 8.28. The van der Waals surface area contributed by atoms with Crippen molar-refractivity contribution in [2.75, 3.05) is 18.6 Å². The summed E-state index contributed by atoms with van der Waals surface area (Å²) in [4.78, 5) is 25.6. The number of rotatable bonds is 7. The number of likely N-dealkylation sites (N-methyl/N-ethyl adjacent to an activating group) is 1. The third-order valence-corrected chi connectivity index (χ3v) is 5.43. The van der Waals surface area contributed by atoms with Crippen LogP contribution < -0.4 is 9.62 Å². The molecule has 0 radical (unpaired) electrons. The molecule has 0 aromatic heterocycles. The molecule has 0 unspecified atom stereocenters. The molecule has 0 spiro atoms. The van der Waals surface area contributed by atoms with E-state index in [0.29, 0.717) is 5.69 Å². The van der Waals surface area contributed by atoms with Crippen LogP contribution >= 0.6 is 0 Å². The highest BCUT2D eigenvalue weighted by atomic mass is 32.2. The number of sulfonamides is 1. The second kappa shape index (κ2) is 8.79. The van der Waals surface area contributed by atoms with E-state index in [1.165, 1.54) is 24.0 Å². The average molecular weight is 390 g/mol. The second-order valence-corrected chi connectivity index (χ2v) is 7.77. The average Bonchev–Trinajstić information content (AvgIpc) is 2.65. The zero-order valence-electron chi connectivity index (χ0n) is 15.4. The summed E-state index contributed by atoms with van der Waals surface area (Å²) in [5.41, 5.74) is 1.58. The highest BCUT2D eigenvalue weighted by molar-refractivity contribution is 7.89. The van der Waals surface area contributed by atoms with Crippen molar-refractivity contribution >= 4 is 27.6 Å². The van der Waals surface area contributed by atoms with Crippen LogP contribution in [0.15, 0.2) is 59.5 Å². The molecule has 7 nitrogen and oxygen atoms in total. The molecular formula is C19H22N2O5S. The van der Waals surface area contributed by atoms with Gasteiger partial charge in [-0.3, -0.25) is 9.59 Å². The molecule has 0 saturated carbocycles. The molecule has 1 N–H and O–H groups in total. The maximum atomic E-state index is 12.3. The van der Waals surface area contributed by atoms with E-state index in [1.54, 1.807) is 43.4 Å². The molecule has 1 amide bonds. The summed E-state index contributed by atoms with van der Waals surface area (Å²) in [5, 5.41) is 0. The summed E-state index contributed by atoms with van der Waals surface area (Å²) < 4.78 is 31.8. The van der Waals surface area contributed by atoms with Gasteiger partial charge in [0.15, 0.2) is 6.61 Å². The summed E-state index contributed by atoms with van der Waals surface area (Å²) >= 11 is 0. The Hall–Kier alpha value is -2.71. The van der Waals surface area contributed by atoms with E-state index in [9.17, 15) is 18.0 Å². The predicted octanol–water partition coefficient (Wildman–Crippen LogP) is 1.87. The van der Waals surface area contributed by atoms with Gasteiger partial charge >= 0.3 is 5.97 Å². The van der Waals surface area contributed by atoms with Gasteiger partial charge in [0, 0.05) is 12.7 Å². The van der Waals surface area contributed by atoms with Crippen molar-refractivity contribution in [2.24, 2.45) is 0 Å². The molecule has 0 fully saturated rings. The first-order valence-corrected chi connectivity index (χ1v) is 9.76. The smallest absolute Gasteiger partial charge is 0.324 e. The lowest BCUT2D eigenvalue weighted by atomic mass is 10.2. The molecule has 0 aliphatic rings. The molecule has 0 heterocycles. The summed E-state index contributed by atoms with van der Waals surface area (Å²) in [7, 11) is -2.30. The number of nitrogens with zero attached hydrogens (tertiary/aromatic N) is 1. The molecular weight excluding hydrogens is 368 g/mol. The van der Waals surface area contributed by atoms with E-state index in [-0.39, 0.29) is 4.90 Å². The van der Waals surface area contributed by atoms with Gasteiger partial charge in [-0.25, -0.2) is 8.42 Å². The molecule has 2 aromatic rings. The maximum Gasteiger partial charge on any atom is 0.324 e. The van der Waals surface area contributed by atoms with Crippen LogP contribution in [0, 0.1) is 6.92 Å². The van der Waals surface area contributed by atoms with Crippen LogP contribution in [0.1, 0.15) is 12.5 Å². The quantitative estimate of drug-likeness (QED) is 0.729. The lowest BCUT2D eigenvalue weighted by Gasteiger charge is -2.18. The third-order valence-electron chi connectivity index (χ3n) is 3.87. The Kier molecular flexibility index (Phi) is 6.70. The maximum absolute atomic E-state index is 12.3. The Labute approximate surface area is 159 Å². The third kappa shape index (κ3) is 5.63. The minimum atomic E-state index is -3.87. The SMILES string of the molecule is Cc1ccc(S(=O)(=O)N[C@H](C)C(=O)OCC(=O)N(C)c2ccccc2)cc1. The number of anilines is 1. The first-order chi connectivity index (χ1) is 12.7. The number of ether oxygens (including phenoxy) is 1. The van der Waals surface area contributed by atoms with E-state index >= 15 is 0 Å². The zero-order valence-corrected chi connectivity index (χ0v) is 16.2. The van der Waals surface area contributed by atoms with Gasteiger partial charge in [-0.15, -0.1) is 0 Å². The van der Waals surface area contributed by atoms with E-state index in [2.05, 4.69) is 4.72 Å². The molecule has 144 valence electrons. The molecule has 2 aromatic carbocycles. The normalized spacial score (nSPS) is 12.3. The van der Waals surface area contributed by atoms with Gasteiger partial charge in [0.05, 0.1) is 4.90 Å². The molecule has 2 rings (SSSR count). The van der Waals surface area contributed by atoms with Crippen molar-refractivity contribution in [3.8, 4) is 0 Å². The molecule has 27 heavy (non-hydrogen) atoms. The highest BCUT2D eigenvalue weighted by Gasteiger charge is 2.24. The fraction of sp³-hybridized carbons (Fsp3) is 0.263. The Bertz CT molecular complexity index is 895. The Morgan fingerprint density at radius 3 is 2.26 bits per heavy atom. The van der Waals surface area contributed by atoms with Crippen LogP contribution in [-0.4, -0.2) is 40.0 Å². The number of benzene rings is 2. The van der Waals surface area contributed by atoms with Gasteiger partial charge < -0.3 is 9.64 Å². The lowest BCUT2D eigenvalue weighted by molar-refractivity contribution is -0.149. The van der Waals surface area contributed by atoms with Gasteiger partial charge in [-0.1, -0.05) is 35.9 Å². The largest absolute Gasteiger partial charge is 0.454 e. The number of hydrogen-bond donors (Lipinski definition) is 1. The molecule has 1 atom stereocenters. The van der Waals surface area contributed by atoms with Crippen LogP contribution in [0.3, 0.4) is 0 Å². The predicted molar refractivity (Wildman–Crippen MR) is 102 cm³/mol. The second-order valence-electron chi connectivity index (χ2n) is 6.05. The zero-order chi connectivity index (χ0) is 20.0. The monoisotopic (exact) mass is 390 g/mol. The molecule has 0 bridgehead atoms. The van der Waals surface area contributed by atoms with Crippen molar-refractivity contribution in [1.82, 2.24) is 4.72 Å². The Balaban J connectivity index is 1.91. The summed E-state index contributed by atoms with van der Waals surface area (Å²) in [6.07, 6.45) is 0. The van der Waals surface area contributed by atoms with Crippen molar-refractivity contribution in [2.45, 2.75) is 24.8 Å². The summed E-state index contributed by atoms with van der Waals surface area (Å²) in [5.74, 6) is -1.26. The van der Waals surface area contributed by atoms with Gasteiger partial charge in [0.1, 0.15) is 6.04 Å². The van der Waals surface area contributed by atoms with E-state index in [1.807, 2.05) is 13.0 Å². The van der Waals surface area contributed by atoms with Crippen molar-refractivity contribution in [1.29, 1.82) is 0 Å². The van der Waals surface area contributed by atoms with Crippen LogP contribution in [-0.2, 0) is 24.3 Å². The Morgan fingerprint density at radius 2 is 1.67 bits per heavy atom. The lowest BCUT2D eigenvalue weighted by Crippen LogP contribution is -2.41. The highest BCUT2D eigenvalue weighted by Crippen LogP contribution is 2.12. The number of para-hydroxylation sites is 1. The molecule has 8 heteroatoms. The summed E-state index contributed by atoms with van der Waals surface area (Å²) in [6, 6.07) is 14.0. The van der Waals surface area contributed by atoms with Gasteiger partial charge in [-0.05, 0) is 38.1 Å². The van der Waals surface area contributed by atoms with Gasteiger partial charge in [0.25, 0.3) is 5.91 Å². The number of carbonyl (C=O) groups is 2. The van der Waals surface area contributed by atoms with Crippen molar-refractivity contribution < 1.29 is 22.7 Å². The van der Waals surface area contributed by atoms with Crippen molar-refractivity contribution in [3.05, 3.63) is 60.2 Å². The Morgan fingerprint density at radius 1 is 1.07 bits per heavy atom. The van der Waals surface area contributed by atoms with Crippen LogP contribution in [0.4, 0.5) is 5.69 Å². The van der Waals surface area contributed by atoms with Crippen LogP contribution in [0.2, 0.25) is 0 Å². The number of carbonyl (C=O) groups excluding carboxylic acids is 2. The standard InChI is InChI=1S/C19H22N2O5S/c1-14-9-11-17(12-10-14)27(24,25)20-15(2)19(23)26-13-18(22)21(3)16-7-5-4-6-8-16/h4-12,15,20H,13H2,1-3H3/t15-/m1/s1. The first kappa shape index (κ1) is 20.6. The molecule has 0 aliphatic heterocycles. The van der Waals surface area contributed by atoms with Gasteiger partial charge in [0.2, 0.25) is 10.0 Å². The number of amides is 1. The van der Waals surface area contributed by atoms with E-state index in [0.717, 1.165) is 5.56 Å². The van der Waals surface area contributed by atoms with Crippen LogP contribution in [0.25, 0.3) is 0 Å². The fourth-order valence-electron chi connectivity index (χ4n) is 2.22. The number of aryl methyl sites for hydroxylation is 1. The number of hydrogen-bond acceptors (Lipinski definition) is 5. The minimum Gasteiger partial charge on any atom is -0.454 e. The van der Waals surface area contributed by atoms with E-state index < -0.39 is 34.5 Å². The van der Waals surface area contributed by atoms with Gasteiger partial charge in [-0.2, -0.15) is 4.72 Å². The fourth-order valence-corrected chi connectivity index (χ4v) is 3.41. The van der Waals surface area contributed by atoms with E-state index in [4.69, 9.17) is 4.74 Å². The topological polar surface area (TPSA) is 92.8 Å². The van der Waals surface area contributed by atoms with Crippen molar-refractivity contribution in [3.63, 3.8) is 0 Å². The van der Waals surface area contributed by atoms with Crippen LogP contribution in [0.5, 0.6) is 0 Å². The summed E-state index contributed by atoms with van der Waals surface area (Å²) in [6.45, 7) is 2.72. The molecule has 0 aliphatic carbocycles. The number of esters is 1.